The number of nitrogens with one attached hydrogen (secondary N) is 2. The van der Waals surface area contributed by atoms with Crippen LogP contribution in [0.5, 0.6) is 0 Å². The van der Waals surface area contributed by atoms with Gasteiger partial charge in [-0.2, -0.15) is 0 Å². The molecule has 6 heteroatoms. The summed E-state index contributed by atoms with van der Waals surface area (Å²) in [5, 5.41) is 13.1. The predicted molar refractivity (Wildman–Crippen MR) is 86.8 cm³/mol. The number of rotatable bonds is 6. The van der Waals surface area contributed by atoms with E-state index in [1.807, 2.05) is 37.3 Å². The van der Waals surface area contributed by atoms with E-state index >= 15 is 0 Å². The smallest absolute Gasteiger partial charge is 0.264 e. The van der Waals surface area contributed by atoms with E-state index in [4.69, 9.17) is 0 Å². The van der Waals surface area contributed by atoms with E-state index in [9.17, 15) is 14.7 Å². The summed E-state index contributed by atoms with van der Waals surface area (Å²) in [6, 6.07) is 9.81. The van der Waals surface area contributed by atoms with Gasteiger partial charge in [-0.15, -0.1) is 0 Å². The molecule has 1 aromatic carbocycles. The largest absolute Gasteiger partial charge is 0.374 e. The molecule has 2 rings (SSSR count). The maximum atomic E-state index is 12.5. The van der Waals surface area contributed by atoms with Crippen LogP contribution < -0.4 is 10.7 Å². The zero-order valence-electron chi connectivity index (χ0n) is 13.5. The van der Waals surface area contributed by atoms with Crippen LogP contribution in [-0.2, 0) is 16.1 Å². The molecule has 0 aliphatic carbocycles. The van der Waals surface area contributed by atoms with E-state index in [1.54, 1.807) is 5.01 Å². The molecule has 0 aromatic heterocycles. The summed E-state index contributed by atoms with van der Waals surface area (Å²) in [4.78, 5) is 24.3. The van der Waals surface area contributed by atoms with Crippen LogP contribution >= 0.6 is 0 Å². The van der Waals surface area contributed by atoms with Crippen molar-refractivity contribution in [3.05, 3.63) is 47.0 Å². The Hall–Kier alpha value is -2.18. The first-order valence-electron chi connectivity index (χ1n) is 7.72. The molecule has 1 atom stereocenters. The Balaban J connectivity index is 1.97. The Morgan fingerprint density at radius 3 is 2.70 bits per heavy atom. The molecule has 1 aliphatic heterocycles. The third-order valence-electron chi connectivity index (χ3n) is 3.75. The van der Waals surface area contributed by atoms with Gasteiger partial charge < -0.3 is 10.4 Å². The lowest BCUT2D eigenvalue weighted by atomic mass is 9.98. The Labute approximate surface area is 136 Å². The summed E-state index contributed by atoms with van der Waals surface area (Å²) in [5.41, 5.74) is 5.62. The van der Waals surface area contributed by atoms with Crippen molar-refractivity contribution in [3.63, 3.8) is 0 Å². The molecule has 124 valence electrons. The fourth-order valence-corrected chi connectivity index (χ4v) is 2.48. The van der Waals surface area contributed by atoms with E-state index in [2.05, 4.69) is 10.7 Å². The lowest BCUT2D eigenvalue weighted by molar-refractivity contribution is -0.133. The zero-order valence-corrected chi connectivity index (χ0v) is 13.5. The van der Waals surface area contributed by atoms with Crippen molar-refractivity contribution in [2.24, 2.45) is 0 Å². The highest BCUT2D eigenvalue weighted by Gasteiger charge is 2.26. The Morgan fingerprint density at radius 2 is 2.04 bits per heavy atom. The van der Waals surface area contributed by atoms with Gasteiger partial charge >= 0.3 is 0 Å². The summed E-state index contributed by atoms with van der Waals surface area (Å²) in [5.74, 6) is -0.530. The molecule has 2 amide bonds. The van der Waals surface area contributed by atoms with E-state index in [0.717, 1.165) is 17.6 Å². The molecule has 0 fully saturated rings. The number of nitrogens with zero attached hydrogens (tertiary/aromatic N) is 1. The zero-order chi connectivity index (χ0) is 16.8. The van der Waals surface area contributed by atoms with Crippen LogP contribution in [0.2, 0.25) is 0 Å². The minimum atomic E-state index is -0.922. The molecule has 0 spiro atoms. The molecular formula is C17H23N3O3. The van der Waals surface area contributed by atoms with E-state index in [1.165, 1.54) is 6.92 Å². The standard InChI is InChI=1S/C17H23N3O3/c1-12-8-9-20(18-11-14-6-4-3-5-7-14)17(23)15(12)10-16(22)19-13(2)21/h3-7,13,18,21H,8-11H2,1-2H3,(H,19,22). The van der Waals surface area contributed by atoms with Crippen molar-refractivity contribution >= 4 is 11.8 Å². The van der Waals surface area contributed by atoms with Gasteiger partial charge in [0.25, 0.3) is 5.91 Å². The highest BCUT2D eigenvalue weighted by Crippen LogP contribution is 2.20. The Kier molecular flexibility index (Phi) is 5.90. The van der Waals surface area contributed by atoms with Crippen LogP contribution in [-0.4, -0.2) is 34.7 Å². The molecule has 1 unspecified atom stereocenters. The first kappa shape index (κ1) is 17.2. The van der Waals surface area contributed by atoms with Gasteiger partial charge in [-0.25, -0.2) is 5.43 Å². The quantitative estimate of drug-likeness (QED) is 0.686. The molecule has 1 aliphatic rings. The molecule has 23 heavy (non-hydrogen) atoms. The molecule has 0 bridgehead atoms. The Morgan fingerprint density at radius 1 is 1.35 bits per heavy atom. The number of amides is 2. The van der Waals surface area contributed by atoms with Gasteiger partial charge in [-0.1, -0.05) is 35.9 Å². The van der Waals surface area contributed by atoms with E-state index < -0.39 is 6.23 Å². The average molecular weight is 317 g/mol. The van der Waals surface area contributed by atoms with Crippen molar-refractivity contribution in [1.29, 1.82) is 0 Å². The fraction of sp³-hybridized carbons (Fsp3) is 0.412. The summed E-state index contributed by atoms with van der Waals surface area (Å²) in [7, 11) is 0. The van der Waals surface area contributed by atoms with E-state index in [0.29, 0.717) is 18.7 Å². The van der Waals surface area contributed by atoms with Crippen molar-refractivity contribution in [3.8, 4) is 0 Å². The second kappa shape index (κ2) is 7.89. The number of hydrogen-bond acceptors (Lipinski definition) is 4. The summed E-state index contributed by atoms with van der Waals surface area (Å²) in [6.07, 6.45) is -0.210. The second-order valence-electron chi connectivity index (χ2n) is 5.71. The van der Waals surface area contributed by atoms with Gasteiger partial charge in [0, 0.05) is 18.7 Å². The number of aliphatic hydroxyl groups excluding tert-OH is 1. The van der Waals surface area contributed by atoms with Crippen molar-refractivity contribution in [1.82, 2.24) is 15.8 Å². The number of hydrazine groups is 1. The van der Waals surface area contributed by atoms with Gasteiger partial charge in [0.2, 0.25) is 5.91 Å². The van der Waals surface area contributed by atoms with Crippen molar-refractivity contribution < 1.29 is 14.7 Å². The number of hydrogen-bond donors (Lipinski definition) is 3. The SMILES string of the molecule is CC1=C(CC(=O)NC(C)O)C(=O)N(NCc2ccccc2)CC1. The Bertz CT molecular complexity index is 596. The minimum absolute atomic E-state index is 0.0148. The maximum absolute atomic E-state index is 12.5. The fourth-order valence-electron chi connectivity index (χ4n) is 2.48. The highest BCUT2D eigenvalue weighted by atomic mass is 16.3. The van der Waals surface area contributed by atoms with Crippen molar-refractivity contribution in [2.45, 2.75) is 39.5 Å². The van der Waals surface area contributed by atoms with E-state index in [-0.39, 0.29) is 18.2 Å². The molecule has 3 N–H and O–H groups in total. The summed E-state index contributed by atoms with van der Waals surface area (Å²) in [6.45, 7) is 4.48. The molecule has 1 aromatic rings. The average Bonchev–Trinajstić information content (AvgIpc) is 2.51. The number of aliphatic hydroxyl groups is 1. The summed E-state index contributed by atoms with van der Waals surface area (Å²) >= 11 is 0. The molecule has 0 saturated carbocycles. The highest BCUT2D eigenvalue weighted by molar-refractivity contribution is 5.99. The van der Waals surface area contributed by atoms with Gasteiger partial charge in [0.1, 0.15) is 6.23 Å². The topological polar surface area (TPSA) is 81.7 Å². The van der Waals surface area contributed by atoms with Crippen LogP contribution in [0.4, 0.5) is 0 Å². The number of carbonyl (C=O) groups excluding carboxylic acids is 2. The minimum Gasteiger partial charge on any atom is -0.374 e. The molecule has 0 radical (unpaired) electrons. The third kappa shape index (κ3) is 4.91. The number of carbonyl (C=O) groups is 2. The lowest BCUT2D eigenvalue weighted by Crippen LogP contribution is -2.47. The normalized spacial score (nSPS) is 16.5. The van der Waals surface area contributed by atoms with Crippen LogP contribution in [0.3, 0.4) is 0 Å². The van der Waals surface area contributed by atoms with Crippen LogP contribution in [0, 0.1) is 0 Å². The van der Waals surface area contributed by atoms with Crippen LogP contribution in [0.1, 0.15) is 32.3 Å². The van der Waals surface area contributed by atoms with Gasteiger partial charge in [0.15, 0.2) is 0 Å². The first-order valence-corrected chi connectivity index (χ1v) is 7.72. The number of benzene rings is 1. The monoisotopic (exact) mass is 317 g/mol. The predicted octanol–water partition coefficient (Wildman–Crippen LogP) is 1.08. The first-order chi connectivity index (χ1) is 11.0. The van der Waals surface area contributed by atoms with Gasteiger partial charge in [-0.05, 0) is 25.8 Å². The molecule has 6 nitrogen and oxygen atoms in total. The maximum Gasteiger partial charge on any atom is 0.264 e. The molecule has 0 saturated heterocycles. The second-order valence-corrected chi connectivity index (χ2v) is 5.71. The lowest BCUT2D eigenvalue weighted by Gasteiger charge is -2.30. The van der Waals surface area contributed by atoms with Crippen molar-refractivity contribution in [2.75, 3.05) is 6.54 Å². The van der Waals surface area contributed by atoms with Crippen LogP contribution in [0.25, 0.3) is 0 Å². The third-order valence-corrected chi connectivity index (χ3v) is 3.75. The van der Waals surface area contributed by atoms with Crippen LogP contribution in [0.15, 0.2) is 41.5 Å². The summed E-state index contributed by atoms with van der Waals surface area (Å²) < 4.78 is 0. The van der Waals surface area contributed by atoms with Gasteiger partial charge in [0.05, 0.1) is 6.42 Å². The van der Waals surface area contributed by atoms with Gasteiger partial charge in [-0.3, -0.25) is 14.6 Å². The molecule has 1 heterocycles. The molecular weight excluding hydrogens is 294 g/mol.